The molecule has 3 nitrogen and oxygen atoms in total. The van der Waals surface area contributed by atoms with Crippen molar-refractivity contribution in [3.8, 4) is 0 Å². The normalized spacial score (nSPS) is 21.9. The highest BCUT2D eigenvalue weighted by Crippen LogP contribution is 2.25. The molecule has 0 bridgehead atoms. The van der Waals surface area contributed by atoms with E-state index in [1.165, 1.54) is 0 Å². The van der Waals surface area contributed by atoms with Crippen LogP contribution in [0, 0.1) is 13.8 Å². The Morgan fingerprint density at radius 3 is 2.55 bits per heavy atom. The van der Waals surface area contributed by atoms with Gasteiger partial charge in [-0.05, 0) is 38.8 Å². The van der Waals surface area contributed by atoms with E-state index in [1.807, 2.05) is 50.8 Å². The number of carbonyl (C=O) groups is 1. The summed E-state index contributed by atoms with van der Waals surface area (Å²) in [6.45, 7) is 9.32. The number of amides is 1. The van der Waals surface area contributed by atoms with E-state index in [0.29, 0.717) is 13.1 Å². The number of aryl methyl sites for hydroxylation is 2. The van der Waals surface area contributed by atoms with Crippen molar-refractivity contribution < 1.29 is 9.53 Å². The van der Waals surface area contributed by atoms with Gasteiger partial charge >= 0.3 is 0 Å². The molecule has 1 unspecified atom stereocenters. The topological polar surface area (TPSA) is 29.5 Å². The second-order valence-electron chi connectivity index (χ2n) is 6.11. The van der Waals surface area contributed by atoms with Crippen LogP contribution in [0.25, 0.3) is 0 Å². The maximum Gasteiger partial charge on any atom is 0.254 e. The van der Waals surface area contributed by atoms with Gasteiger partial charge in [-0.2, -0.15) is 0 Å². The highest BCUT2D eigenvalue weighted by atomic mass is 79.9. The summed E-state index contributed by atoms with van der Waals surface area (Å²) >= 11 is 3.46. The Morgan fingerprint density at radius 1 is 1.40 bits per heavy atom. The van der Waals surface area contributed by atoms with E-state index in [9.17, 15) is 4.79 Å². The summed E-state index contributed by atoms with van der Waals surface area (Å²) in [5.41, 5.74) is 2.60. The van der Waals surface area contributed by atoms with Crippen molar-refractivity contribution in [1.82, 2.24) is 4.90 Å². The van der Waals surface area contributed by atoms with E-state index in [1.54, 1.807) is 0 Å². The highest BCUT2D eigenvalue weighted by Gasteiger charge is 2.36. The molecule has 0 aromatic heterocycles. The average Bonchev–Trinajstić information content (AvgIpc) is 2.36. The maximum atomic E-state index is 12.8. The zero-order valence-electron chi connectivity index (χ0n) is 12.6. The van der Waals surface area contributed by atoms with Gasteiger partial charge in [0.1, 0.15) is 0 Å². The zero-order chi connectivity index (χ0) is 14.9. The molecule has 1 saturated heterocycles. The van der Waals surface area contributed by atoms with E-state index in [4.69, 9.17) is 4.74 Å². The monoisotopic (exact) mass is 339 g/mol. The van der Waals surface area contributed by atoms with Gasteiger partial charge in [0.05, 0.1) is 11.7 Å². The maximum absolute atomic E-state index is 12.8. The highest BCUT2D eigenvalue weighted by molar-refractivity contribution is 9.09. The first-order chi connectivity index (χ1) is 9.34. The minimum Gasteiger partial charge on any atom is -0.368 e. The van der Waals surface area contributed by atoms with E-state index < -0.39 is 0 Å². The molecule has 0 saturated carbocycles. The van der Waals surface area contributed by atoms with Gasteiger partial charge in [0.25, 0.3) is 5.91 Å². The Kier molecular flexibility index (Phi) is 4.55. The molecule has 0 aliphatic carbocycles. The number of hydrogen-bond acceptors (Lipinski definition) is 2. The lowest BCUT2D eigenvalue weighted by atomic mass is 9.99. The van der Waals surface area contributed by atoms with Crippen molar-refractivity contribution in [2.24, 2.45) is 0 Å². The van der Waals surface area contributed by atoms with E-state index in [0.717, 1.165) is 22.0 Å². The van der Waals surface area contributed by atoms with Crippen LogP contribution in [-0.2, 0) is 4.74 Å². The molecule has 1 aliphatic rings. The fraction of sp³-hybridized carbons (Fsp3) is 0.562. The lowest BCUT2D eigenvalue weighted by molar-refractivity contribution is -0.116. The van der Waals surface area contributed by atoms with Crippen molar-refractivity contribution in [2.45, 2.75) is 39.4 Å². The van der Waals surface area contributed by atoms with Gasteiger partial charge in [0.2, 0.25) is 0 Å². The molecule has 0 N–H and O–H groups in total. The summed E-state index contributed by atoms with van der Waals surface area (Å²) in [4.78, 5) is 14.8. The molecule has 1 amide bonds. The number of alkyl halides is 1. The van der Waals surface area contributed by atoms with Crippen LogP contribution in [0.3, 0.4) is 0 Å². The van der Waals surface area contributed by atoms with Crippen molar-refractivity contribution in [3.05, 3.63) is 34.9 Å². The van der Waals surface area contributed by atoms with E-state index >= 15 is 0 Å². The molecule has 1 fully saturated rings. The average molecular weight is 340 g/mol. The van der Waals surface area contributed by atoms with E-state index in [-0.39, 0.29) is 17.6 Å². The molecule has 0 radical (unpaired) electrons. The standard InChI is InChI=1S/C16H22BrNO2/c1-11-6-5-7-12(2)14(11)15(19)18-9-13(8-17)20-16(3,4)10-18/h5-7,13H,8-10H2,1-4H3. The Morgan fingerprint density at radius 2 is 2.00 bits per heavy atom. The molecule has 110 valence electrons. The molecule has 1 aliphatic heterocycles. The molecule has 4 heteroatoms. The van der Waals surface area contributed by atoms with Crippen LogP contribution in [-0.4, -0.2) is 40.9 Å². The summed E-state index contributed by atoms with van der Waals surface area (Å²) < 4.78 is 5.96. The number of nitrogens with zero attached hydrogens (tertiary/aromatic N) is 1. The third-order valence-electron chi connectivity index (χ3n) is 3.64. The molecule has 1 aromatic rings. The molecule has 20 heavy (non-hydrogen) atoms. The first-order valence-electron chi connectivity index (χ1n) is 6.93. The summed E-state index contributed by atoms with van der Waals surface area (Å²) in [7, 11) is 0. The van der Waals surface area contributed by atoms with Gasteiger partial charge in [0.15, 0.2) is 0 Å². The van der Waals surface area contributed by atoms with E-state index in [2.05, 4.69) is 15.9 Å². The summed E-state index contributed by atoms with van der Waals surface area (Å²) in [6.07, 6.45) is 0.0482. The molecule has 1 aromatic carbocycles. The third kappa shape index (κ3) is 3.23. The van der Waals surface area contributed by atoms with Crippen LogP contribution in [0.1, 0.15) is 35.3 Å². The SMILES string of the molecule is Cc1cccc(C)c1C(=O)N1CC(CBr)OC(C)(C)C1. The van der Waals surface area contributed by atoms with Gasteiger partial charge in [-0.1, -0.05) is 34.1 Å². The van der Waals surface area contributed by atoms with Crippen LogP contribution >= 0.6 is 15.9 Å². The first kappa shape index (κ1) is 15.5. The fourth-order valence-corrected chi connectivity index (χ4v) is 3.18. The zero-order valence-corrected chi connectivity index (χ0v) is 14.2. The Bertz CT molecular complexity index is 493. The van der Waals surface area contributed by atoms with Crippen LogP contribution < -0.4 is 0 Å². The van der Waals surface area contributed by atoms with Crippen molar-refractivity contribution in [3.63, 3.8) is 0 Å². The van der Waals surface area contributed by atoms with Gasteiger partial charge < -0.3 is 9.64 Å². The minimum atomic E-state index is -0.303. The Balaban J connectivity index is 2.28. The van der Waals surface area contributed by atoms with Gasteiger partial charge in [0, 0.05) is 24.0 Å². The van der Waals surface area contributed by atoms with Crippen LogP contribution in [0.5, 0.6) is 0 Å². The summed E-state index contributed by atoms with van der Waals surface area (Å²) in [5, 5.41) is 0.743. The van der Waals surface area contributed by atoms with Gasteiger partial charge in [-0.25, -0.2) is 0 Å². The largest absolute Gasteiger partial charge is 0.368 e. The van der Waals surface area contributed by atoms with Crippen molar-refractivity contribution in [1.29, 1.82) is 0 Å². The number of carbonyl (C=O) groups excluding carboxylic acids is 1. The van der Waals surface area contributed by atoms with Gasteiger partial charge in [-0.3, -0.25) is 4.79 Å². The Labute approximate surface area is 129 Å². The smallest absolute Gasteiger partial charge is 0.254 e. The molecular formula is C16H22BrNO2. The quantitative estimate of drug-likeness (QED) is 0.773. The lowest BCUT2D eigenvalue weighted by Gasteiger charge is -2.42. The second kappa shape index (κ2) is 5.86. The molecule has 2 rings (SSSR count). The Hall–Kier alpha value is -0.870. The molecule has 0 spiro atoms. The fourth-order valence-electron chi connectivity index (χ4n) is 2.84. The number of benzene rings is 1. The number of morpholine rings is 1. The first-order valence-corrected chi connectivity index (χ1v) is 8.05. The predicted molar refractivity (Wildman–Crippen MR) is 84.6 cm³/mol. The van der Waals surface area contributed by atoms with Crippen molar-refractivity contribution >= 4 is 21.8 Å². The lowest BCUT2D eigenvalue weighted by Crippen LogP contribution is -2.55. The molecule has 1 heterocycles. The number of ether oxygens (including phenoxy) is 1. The summed E-state index contributed by atoms with van der Waals surface area (Å²) in [5.74, 6) is 0.114. The number of hydrogen-bond donors (Lipinski definition) is 0. The molecule has 1 atom stereocenters. The van der Waals surface area contributed by atoms with Crippen LogP contribution in [0.15, 0.2) is 18.2 Å². The minimum absolute atomic E-state index is 0.0482. The van der Waals surface area contributed by atoms with Gasteiger partial charge in [-0.15, -0.1) is 0 Å². The molecular weight excluding hydrogens is 318 g/mol. The summed E-state index contributed by atoms with van der Waals surface area (Å²) in [6, 6.07) is 5.98. The third-order valence-corrected chi connectivity index (χ3v) is 4.36. The predicted octanol–water partition coefficient (Wildman–Crippen LogP) is 3.32. The number of rotatable bonds is 2. The van der Waals surface area contributed by atoms with Crippen LogP contribution in [0.4, 0.5) is 0 Å². The van der Waals surface area contributed by atoms with Crippen molar-refractivity contribution in [2.75, 3.05) is 18.4 Å². The van der Waals surface area contributed by atoms with Crippen LogP contribution in [0.2, 0.25) is 0 Å². The second-order valence-corrected chi connectivity index (χ2v) is 6.75. The number of halogens is 1.